The molecule has 1 aliphatic heterocycles. The molecule has 48 heavy (non-hydrogen) atoms. The van der Waals surface area contributed by atoms with Gasteiger partial charge in [0.05, 0.1) is 16.1 Å². The number of allylic oxidation sites excluding steroid dienone is 2. The van der Waals surface area contributed by atoms with Gasteiger partial charge in [-0.1, -0.05) is 121 Å². The van der Waals surface area contributed by atoms with Gasteiger partial charge in [0, 0.05) is 10.9 Å². The van der Waals surface area contributed by atoms with E-state index in [2.05, 4.69) is 0 Å². The van der Waals surface area contributed by atoms with Gasteiger partial charge in [0.25, 0.3) is 6.71 Å². The molecule has 0 saturated carbocycles. The molecule has 0 bridgehead atoms. The highest BCUT2D eigenvalue weighted by Gasteiger charge is 2.57. The number of benzene rings is 4. The highest BCUT2D eigenvalue weighted by Crippen LogP contribution is 2.44. The Morgan fingerprint density at radius 1 is 0.438 bits per heavy atom. The van der Waals surface area contributed by atoms with Crippen LogP contribution < -0.4 is 21.3 Å². The topological polar surface area (TPSA) is 0 Å². The van der Waals surface area contributed by atoms with Crippen molar-refractivity contribution in [3.8, 4) is 0 Å². The summed E-state index contributed by atoms with van der Waals surface area (Å²) in [5.41, 5.74) is -3.66. The minimum atomic E-state index is -3.60. The van der Waals surface area contributed by atoms with Crippen molar-refractivity contribution in [2.45, 2.75) is 39.3 Å². The molecule has 4 aromatic rings. The maximum Gasteiger partial charge on any atom is 0.256 e. The molecule has 0 radical (unpaired) electrons. The van der Waals surface area contributed by atoms with Crippen LogP contribution in [0.15, 0.2) is 81.9 Å². The van der Waals surface area contributed by atoms with E-state index in [0.29, 0.717) is 4.82 Å². The zero-order valence-corrected chi connectivity index (χ0v) is 29.7. The lowest BCUT2D eigenvalue weighted by molar-refractivity contribution is 0.382. The summed E-state index contributed by atoms with van der Waals surface area (Å²) in [5, 5.41) is 1.54. The smallest absolute Gasteiger partial charge is 0.204 e. The standard InChI is InChI=1S/C34H29BF10Si3/c1-46(2,3)21-17-20(34(47(4,5)6)48(21,18-13-9-7-10-14-18)19-15-11-8-12-16-19)35(22-24(36)28(40)32(44)29(41)25(22)37)23-26(38)30(42)33(45)31(43)27(23)39/h7-17H,1-6H3. The van der Waals surface area contributed by atoms with E-state index in [-0.39, 0.29) is 5.47 Å². The molecule has 0 amide bonds. The average Bonchev–Trinajstić information content (AvgIpc) is 3.43. The van der Waals surface area contributed by atoms with Gasteiger partial charge in [-0.05, 0) is 10.4 Å². The summed E-state index contributed by atoms with van der Waals surface area (Å²) in [5.74, 6) is -24.5. The first-order chi connectivity index (χ1) is 22.3. The fourth-order valence-electron chi connectivity index (χ4n) is 7.04. The van der Waals surface area contributed by atoms with E-state index in [4.69, 9.17) is 0 Å². The Labute approximate surface area is 274 Å². The summed E-state index contributed by atoms with van der Waals surface area (Å²) in [7, 11) is -9.22. The van der Waals surface area contributed by atoms with Crippen LogP contribution in [-0.4, -0.2) is 30.9 Å². The summed E-state index contributed by atoms with van der Waals surface area (Å²) in [4.78, 5) is 1.26. The van der Waals surface area contributed by atoms with E-state index in [1.165, 1.54) is 6.08 Å². The molecule has 0 unspecified atom stereocenters. The van der Waals surface area contributed by atoms with Gasteiger partial charge in [-0.15, -0.1) is 0 Å². The number of hydrogen-bond acceptors (Lipinski definition) is 0. The summed E-state index contributed by atoms with van der Waals surface area (Å²) >= 11 is 0. The first-order valence-electron chi connectivity index (χ1n) is 14.9. The number of rotatable bonds is 7. The van der Waals surface area contributed by atoms with E-state index in [0.717, 1.165) is 15.2 Å². The molecule has 5 rings (SSSR count). The molecule has 0 atom stereocenters. The van der Waals surface area contributed by atoms with Crippen LogP contribution in [-0.2, 0) is 0 Å². The second-order valence-corrected chi connectivity index (χ2v) is 28.5. The second-order valence-electron chi connectivity index (χ2n) is 13.8. The second kappa shape index (κ2) is 12.4. The maximum atomic E-state index is 15.9. The van der Waals surface area contributed by atoms with Crippen molar-refractivity contribution in [1.82, 2.24) is 0 Å². The molecule has 1 aliphatic rings. The minimum Gasteiger partial charge on any atom is -0.204 e. The molecule has 0 saturated heterocycles. The van der Waals surface area contributed by atoms with Gasteiger partial charge in [0.1, 0.15) is 0 Å². The van der Waals surface area contributed by atoms with E-state index in [1.807, 2.05) is 63.5 Å². The van der Waals surface area contributed by atoms with Gasteiger partial charge >= 0.3 is 0 Å². The zero-order valence-electron chi connectivity index (χ0n) is 26.7. The van der Waals surface area contributed by atoms with Crippen molar-refractivity contribution < 1.29 is 43.9 Å². The van der Waals surface area contributed by atoms with Crippen molar-refractivity contribution in [1.29, 1.82) is 0 Å². The van der Waals surface area contributed by atoms with Crippen molar-refractivity contribution in [3.63, 3.8) is 0 Å². The molecular formula is C34H29BF10Si3. The van der Waals surface area contributed by atoms with Gasteiger partial charge < -0.3 is 0 Å². The highest BCUT2D eigenvalue weighted by molar-refractivity contribution is 7.29. The van der Waals surface area contributed by atoms with Crippen LogP contribution in [0, 0.1) is 58.2 Å². The summed E-state index contributed by atoms with van der Waals surface area (Å²) < 4.78 is 152. The minimum absolute atomic E-state index is 0.239. The van der Waals surface area contributed by atoms with Gasteiger partial charge in [0.2, 0.25) is 0 Å². The Hall–Kier alpha value is -3.62. The van der Waals surface area contributed by atoms with E-state index >= 15 is 17.6 Å². The van der Waals surface area contributed by atoms with Crippen molar-refractivity contribution in [2.24, 2.45) is 0 Å². The lowest BCUT2D eigenvalue weighted by Gasteiger charge is -2.44. The fraction of sp³-hybridized carbons (Fsp3) is 0.176. The van der Waals surface area contributed by atoms with Crippen LogP contribution in [0.5, 0.6) is 0 Å². The van der Waals surface area contributed by atoms with Crippen LogP contribution in [0.1, 0.15) is 0 Å². The Morgan fingerprint density at radius 3 is 1.04 bits per heavy atom. The quantitative estimate of drug-likeness (QED) is 0.0801. The van der Waals surface area contributed by atoms with E-state index in [9.17, 15) is 26.3 Å². The highest BCUT2D eigenvalue weighted by atomic mass is 28.4. The molecule has 0 aliphatic carbocycles. The normalized spacial score (nSPS) is 14.9. The van der Waals surface area contributed by atoms with E-state index < -0.39 is 100 Å². The third-order valence-corrected chi connectivity index (χ3v) is 23.4. The van der Waals surface area contributed by atoms with Gasteiger partial charge in [0.15, 0.2) is 66.2 Å². The zero-order chi connectivity index (χ0) is 35.7. The molecule has 250 valence electrons. The Balaban J connectivity index is 2.15. The molecule has 0 aromatic heterocycles. The molecule has 0 N–H and O–H groups in total. The monoisotopic (exact) mass is 722 g/mol. The molecule has 4 aromatic carbocycles. The molecule has 14 heteroatoms. The Bertz CT molecular complexity index is 1830. The third kappa shape index (κ3) is 5.36. The molecule has 0 fully saturated rings. The van der Waals surface area contributed by atoms with Crippen molar-refractivity contribution in [2.75, 3.05) is 0 Å². The predicted molar refractivity (Wildman–Crippen MR) is 177 cm³/mol. The van der Waals surface area contributed by atoms with Crippen LogP contribution in [0.2, 0.25) is 39.3 Å². The SMILES string of the molecule is C[Si](C)(C)C1=CC(B(c2c(F)c(F)c(F)c(F)c2F)c2c(F)c(F)c(F)c(F)c2F)=C([Si](C)(C)C)[Si]1(c1ccccc1)c1ccccc1. The van der Waals surface area contributed by atoms with Gasteiger partial charge in [-0.3, -0.25) is 0 Å². The largest absolute Gasteiger partial charge is 0.256 e. The van der Waals surface area contributed by atoms with Crippen LogP contribution >= 0.6 is 0 Å². The predicted octanol–water partition coefficient (Wildman–Crippen LogP) is 7.56. The maximum absolute atomic E-state index is 15.9. The van der Waals surface area contributed by atoms with Crippen molar-refractivity contribution >= 4 is 52.2 Å². The summed E-state index contributed by atoms with van der Waals surface area (Å²) in [6, 6.07) is 18.1. The van der Waals surface area contributed by atoms with Crippen LogP contribution in [0.3, 0.4) is 0 Å². The lowest BCUT2D eigenvalue weighted by Crippen LogP contribution is -2.68. The molecule has 1 heterocycles. The third-order valence-electron chi connectivity index (χ3n) is 8.72. The molecule has 0 nitrogen and oxygen atoms in total. The van der Waals surface area contributed by atoms with E-state index in [1.54, 1.807) is 36.4 Å². The first-order valence-corrected chi connectivity index (χ1v) is 23.9. The summed E-state index contributed by atoms with van der Waals surface area (Å²) in [6.07, 6.45) is 1.49. The average molecular weight is 723 g/mol. The van der Waals surface area contributed by atoms with Crippen LogP contribution in [0.4, 0.5) is 43.9 Å². The number of halogens is 10. The Morgan fingerprint density at radius 2 is 0.750 bits per heavy atom. The molecular weight excluding hydrogens is 693 g/mol. The summed E-state index contributed by atoms with van der Waals surface area (Å²) in [6.45, 7) is 8.87. The fourth-order valence-corrected chi connectivity index (χ4v) is 24.8. The van der Waals surface area contributed by atoms with Crippen molar-refractivity contribution in [3.05, 3.63) is 140 Å². The van der Waals surface area contributed by atoms with Crippen LogP contribution in [0.25, 0.3) is 0 Å². The lowest BCUT2D eigenvalue weighted by atomic mass is 9.36. The Kier molecular flexibility index (Phi) is 9.19. The van der Waals surface area contributed by atoms with Gasteiger partial charge in [-0.2, -0.15) is 0 Å². The molecule has 0 spiro atoms. The van der Waals surface area contributed by atoms with Gasteiger partial charge in [-0.25, -0.2) is 43.9 Å². The first kappa shape index (κ1) is 35.7. The number of hydrogen-bond donors (Lipinski definition) is 0.